The molecule has 0 aliphatic heterocycles. The van der Waals surface area contributed by atoms with Crippen LogP contribution in [0.4, 0.5) is 4.39 Å². The molecule has 0 aromatic heterocycles. The van der Waals surface area contributed by atoms with E-state index in [2.05, 4.69) is 15.9 Å². The monoisotopic (exact) mass is 275 g/mol. The minimum Gasteiger partial charge on any atom is -0.508 e. The van der Waals surface area contributed by atoms with Crippen LogP contribution in [0.15, 0.2) is 16.6 Å². The summed E-state index contributed by atoms with van der Waals surface area (Å²) >= 11 is 3.10. The third kappa shape index (κ3) is 2.69. The van der Waals surface area contributed by atoms with Gasteiger partial charge in [0.15, 0.2) is 0 Å². The van der Waals surface area contributed by atoms with Gasteiger partial charge in [0, 0.05) is 12.0 Å². The summed E-state index contributed by atoms with van der Waals surface area (Å²) in [5.74, 6) is -0.143. The number of phenols is 1. The van der Waals surface area contributed by atoms with Gasteiger partial charge in [-0.15, -0.1) is 0 Å². The highest BCUT2D eigenvalue weighted by Crippen LogP contribution is 2.34. The maximum atomic E-state index is 13.1. The van der Waals surface area contributed by atoms with Gasteiger partial charge in [0.1, 0.15) is 11.6 Å². The number of aromatic hydroxyl groups is 1. The van der Waals surface area contributed by atoms with Crippen molar-refractivity contribution in [2.75, 3.05) is 6.54 Å². The Bertz CT molecular complexity index is 355. The molecular weight excluding hydrogens is 261 g/mol. The first-order valence-corrected chi connectivity index (χ1v) is 5.64. The van der Waals surface area contributed by atoms with Crippen molar-refractivity contribution >= 4 is 15.9 Å². The molecule has 0 bridgehead atoms. The fraction of sp³-hybridized carbons (Fsp3) is 0.455. The molecule has 2 nitrogen and oxygen atoms in total. The predicted molar refractivity (Wildman–Crippen MR) is 62.4 cm³/mol. The topological polar surface area (TPSA) is 46.2 Å². The van der Waals surface area contributed by atoms with Crippen molar-refractivity contribution in [1.29, 1.82) is 0 Å². The molecule has 3 N–H and O–H groups in total. The Kier molecular flexibility index (Phi) is 4.11. The van der Waals surface area contributed by atoms with Crippen LogP contribution in [0.1, 0.15) is 25.3 Å². The third-order valence-electron chi connectivity index (χ3n) is 2.53. The van der Waals surface area contributed by atoms with Gasteiger partial charge in [0.25, 0.3) is 0 Å². The predicted octanol–water partition coefficient (Wildman–Crippen LogP) is 2.99. The van der Waals surface area contributed by atoms with Crippen molar-refractivity contribution in [3.05, 3.63) is 28.0 Å². The number of nitrogens with two attached hydrogens (primary N) is 1. The molecule has 0 saturated heterocycles. The highest BCUT2D eigenvalue weighted by atomic mass is 79.9. The smallest absolute Gasteiger partial charge is 0.141 e. The molecule has 1 atom stereocenters. The first kappa shape index (κ1) is 12.5. The molecule has 84 valence electrons. The van der Waals surface area contributed by atoms with E-state index >= 15 is 0 Å². The van der Waals surface area contributed by atoms with Crippen LogP contribution in [-0.2, 0) is 0 Å². The van der Waals surface area contributed by atoms with Crippen LogP contribution >= 0.6 is 15.9 Å². The van der Waals surface area contributed by atoms with Crippen molar-refractivity contribution < 1.29 is 9.50 Å². The van der Waals surface area contributed by atoms with Crippen LogP contribution in [-0.4, -0.2) is 11.7 Å². The van der Waals surface area contributed by atoms with Crippen LogP contribution in [0.5, 0.6) is 5.75 Å². The van der Waals surface area contributed by atoms with Gasteiger partial charge in [-0.3, -0.25) is 0 Å². The Morgan fingerprint density at radius 3 is 2.53 bits per heavy atom. The first-order chi connectivity index (χ1) is 6.97. The fourth-order valence-electron chi connectivity index (χ4n) is 1.61. The van der Waals surface area contributed by atoms with E-state index < -0.39 is 5.82 Å². The minimum atomic E-state index is -0.462. The number of hydrogen-bond donors (Lipinski definition) is 2. The lowest BCUT2D eigenvalue weighted by Crippen LogP contribution is -2.18. The molecule has 0 radical (unpaired) electrons. The van der Waals surface area contributed by atoms with Crippen molar-refractivity contribution in [3.63, 3.8) is 0 Å². The SMILES string of the molecule is CC(C)C(CN)c1cc(Br)c(F)cc1O. The molecular formula is C11H15BrFNO. The molecule has 15 heavy (non-hydrogen) atoms. The van der Waals surface area contributed by atoms with Crippen molar-refractivity contribution in [2.45, 2.75) is 19.8 Å². The Morgan fingerprint density at radius 2 is 2.07 bits per heavy atom. The highest BCUT2D eigenvalue weighted by molar-refractivity contribution is 9.10. The zero-order chi connectivity index (χ0) is 11.6. The number of rotatable bonds is 3. The van der Waals surface area contributed by atoms with E-state index in [9.17, 15) is 9.50 Å². The van der Waals surface area contributed by atoms with E-state index in [0.29, 0.717) is 22.5 Å². The zero-order valence-electron chi connectivity index (χ0n) is 8.80. The van der Waals surface area contributed by atoms with Crippen LogP contribution in [0.2, 0.25) is 0 Å². The molecule has 0 aliphatic rings. The second kappa shape index (κ2) is 4.94. The lowest BCUT2D eigenvalue weighted by Gasteiger charge is -2.20. The second-order valence-electron chi connectivity index (χ2n) is 3.91. The largest absolute Gasteiger partial charge is 0.508 e. The number of hydrogen-bond acceptors (Lipinski definition) is 2. The van der Waals surface area contributed by atoms with E-state index in [1.54, 1.807) is 6.07 Å². The van der Waals surface area contributed by atoms with Crippen molar-refractivity contribution in [2.24, 2.45) is 11.7 Å². The Morgan fingerprint density at radius 1 is 1.47 bits per heavy atom. The summed E-state index contributed by atoms with van der Waals surface area (Å²) in [4.78, 5) is 0. The average molecular weight is 276 g/mol. The third-order valence-corrected chi connectivity index (χ3v) is 3.14. The first-order valence-electron chi connectivity index (χ1n) is 4.85. The fourth-order valence-corrected chi connectivity index (χ4v) is 1.97. The number of benzene rings is 1. The molecule has 0 heterocycles. The van der Waals surface area contributed by atoms with Gasteiger partial charge in [0.2, 0.25) is 0 Å². The summed E-state index contributed by atoms with van der Waals surface area (Å²) in [6.07, 6.45) is 0. The Labute approximate surface area is 97.4 Å². The number of halogens is 2. The van der Waals surface area contributed by atoms with Gasteiger partial charge in [0.05, 0.1) is 4.47 Å². The second-order valence-corrected chi connectivity index (χ2v) is 4.77. The molecule has 4 heteroatoms. The van der Waals surface area contributed by atoms with Crippen LogP contribution in [0.25, 0.3) is 0 Å². The molecule has 1 aromatic carbocycles. The minimum absolute atomic E-state index is 0.0279. The quantitative estimate of drug-likeness (QED) is 0.891. The van der Waals surface area contributed by atoms with Crippen molar-refractivity contribution in [3.8, 4) is 5.75 Å². The lowest BCUT2D eigenvalue weighted by molar-refractivity contribution is 0.432. The zero-order valence-corrected chi connectivity index (χ0v) is 10.4. The Hall–Kier alpha value is -0.610. The molecule has 0 spiro atoms. The van der Waals surface area contributed by atoms with Gasteiger partial charge in [-0.05, 0) is 40.0 Å². The van der Waals surface area contributed by atoms with E-state index in [1.165, 1.54) is 0 Å². The number of phenolic OH excluding ortho intramolecular Hbond substituents is 1. The summed E-state index contributed by atoms with van der Waals surface area (Å²) < 4.78 is 13.4. The van der Waals surface area contributed by atoms with Gasteiger partial charge in [-0.2, -0.15) is 0 Å². The van der Waals surface area contributed by atoms with Gasteiger partial charge in [-0.25, -0.2) is 4.39 Å². The molecule has 1 rings (SSSR count). The highest BCUT2D eigenvalue weighted by Gasteiger charge is 2.19. The van der Waals surface area contributed by atoms with Gasteiger partial charge >= 0.3 is 0 Å². The van der Waals surface area contributed by atoms with E-state index in [0.717, 1.165) is 6.07 Å². The molecule has 0 amide bonds. The van der Waals surface area contributed by atoms with Crippen LogP contribution in [0, 0.1) is 11.7 Å². The summed E-state index contributed by atoms with van der Waals surface area (Å²) in [7, 11) is 0. The molecule has 0 fully saturated rings. The maximum Gasteiger partial charge on any atom is 0.141 e. The average Bonchev–Trinajstić information content (AvgIpc) is 2.14. The standard InChI is InChI=1S/C11H15BrFNO/c1-6(2)8(5-14)7-3-9(12)10(13)4-11(7)15/h3-4,6,8,15H,5,14H2,1-2H3. The molecule has 0 aliphatic carbocycles. The molecule has 1 unspecified atom stereocenters. The lowest BCUT2D eigenvalue weighted by atomic mass is 9.88. The summed E-state index contributed by atoms with van der Waals surface area (Å²) in [5.41, 5.74) is 6.34. The van der Waals surface area contributed by atoms with Gasteiger partial charge < -0.3 is 10.8 Å². The van der Waals surface area contributed by atoms with Crippen molar-refractivity contribution in [1.82, 2.24) is 0 Å². The normalized spacial score (nSPS) is 13.2. The summed E-state index contributed by atoms with van der Waals surface area (Å²) in [6.45, 7) is 4.48. The van der Waals surface area contributed by atoms with E-state index in [4.69, 9.17) is 5.73 Å². The van der Waals surface area contributed by atoms with Crippen LogP contribution in [0.3, 0.4) is 0 Å². The van der Waals surface area contributed by atoms with Gasteiger partial charge in [-0.1, -0.05) is 13.8 Å². The van der Waals surface area contributed by atoms with E-state index in [-0.39, 0.29) is 11.7 Å². The van der Waals surface area contributed by atoms with Crippen LogP contribution < -0.4 is 5.73 Å². The Balaban J connectivity index is 3.18. The molecule has 1 aromatic rings. The van der Waals surface area contributed by atoms with E-state index in [1.807, 2.05) is 13.8 Å². The molecule has 0 saturated carbocycles. The maximum absolute atomic E-state index is 13.1. The summed E-state index contributed by atoms with van der Waals surface area (Å²) in [6, 6.07) is 2.71. The summed E-state index contributed by atoms with van der Waals surface area (Å²) in [5, 5.41) is 9.65.